The number of aliphatic carboxylic acids is 1. The molecule has 1 aliphatic carbocycles. The highest BCUT2D eigenvalue weighted by molar-refractivity contribution is 5.99. The van der Waals surface area contributed by atoms with E-state index in [1.54, 1.807) is 32.0 Å². The molecule has 0 fully saturated rings. The Morgan fingerprint density at radius 3 is 2.15 bits per heavy atom. The van der Waals surface area contributed by atoms with Gasteiger partial charge in [-0.05, 0) is 53.8 Å². The summed E-state index contributed by atoms with van der Waals surface area (Å²) in [4.78, 5) is 37.8. The van der Waals surface area contributed by atoms with Crippen molar-refractivity contribution >= 4 is 23.7 Å². The Morgan fingerprint density at radius 1 is 0.941 bits per heavy atom. The maximum Gasteiger partial charge on any atom is 0.411 e. The van der Waals surface area contributed by atoms with Crippen LogP contribution in [0.5, 0.6) is 0 Å². The quantitative estimate of drug-likeness (QED) is 0.525. The monoisotopic (exact) mass is 458 g/mol. The second-order valence-electron chi connectivity index (χ2n) is 8.14. The third-order valence-corrected chi connectivity index (χ3v) is 6.14. The zero-order valence-electron chi connectivity index (χ0n) is 19.1. The van der Waals surface area contributed by atoms with Crippen molar-refractivity contribution in [1.82, 2.24) is 4.90 Å². The molecule has 0 bridgehead atoms. The van der Waals surface area contributed by atoms with Crippen LogP contribution in [-0.2, 0) is 9.53 Å². The molecule has 0 atom stereocenters. The Labute approximate surface area is 198 Å². The molecule has 0 aliphatic heterocycles. The van der Waals surface area contributed by atoms with Crippen LogP contribution in [0.15, 0.2) is 66.7 Å². The van der Waals surface area contributed by atoms with Crippen LogP contribution in [0.25, 0.3) is 11.1 Å². The maximum atomic E-state index is 12.8. The molecule has 0 radical (unpaired) electrons. The Bertz CT molecular complexity index is 1210. The van der Waals surface area contributed by atoms with Crippen molar-refractivity contribution in [3.63, 3.8) is 0 Å². The summed E-state index contributed by atoms with van der Waals surface area (Å²) < 4.78 is 5.60. The number of likely N-dealkylation sites (N-methyl/N-ethyl adjacent to an activating group) is 1. The molecule has 3 aromatic rings. The van der Waals surface area contributed by atoms with Crippen LogP contribution in [0.1, 0.15) is 39.9 Å². The minimum Gasteiger partial charge on any atom is -0.480 e. The molecule has 0 unspecified atom stereocenters. The molecule has 0 aromatic heterocycles. The molecule has 2 amide bonds. The number of fused-ring (bicyclic) bond motifs is 3. The molecular formula is C27H26N2O5. The van der Waals surface area contributed by atoms with E-state index in [0.717, 1.165) is 22.3 Å². The fourth-order valence-electron chi connectivity index (χ4n) is 4.41. The summed E-state index contributed by atoms with van der Waals surface area (Å²) in [6.07, 6.45) is -0.618. The molecule has 1 aliphatic rings. The third-order valence-electron chi connectivity index (χ3n) is 6.14. The van der Waals surface area contributed by atoms with E-state index in [-0.39, 0.29) is 19.1 Å². The fraction of sp³-hybridized carbons (Fsp3) is 0.222. The van der Waals surface area contributed by atoms with E-state index in [0.29, 0.717) is 16.8 Å². The second kappa shape index (κ2) is 9.79. The lowest BCUT2D eigenvalue weighted by Gasteiger charge is -2.21. The van der Waals surface area contributed by atoms with Gasteiger partial charge in [0.05, 0.1) is 0 Å². The molecular weight excluding hydrogens is 432 g/mol. The van der Waals surface area contributed by atoms with Crippen LogP contribution in [-0.4, -0.2) is 47.7 Å². The van der Waals surface area contributed by atoms with Gasteiger partial charge in [-0.2, -0.15) is 0 Å². The fourth-order valence-corrected chi connectivity index (χ4v) is 4.41. The summed E-state index contributed by atoms with van der Waals surface area (Å²) >= 11 is 0. The first kappa shape index (κ1) is 23.0. The number of carbonyl (C=O) groups excluding carboxylic acids is 2. The van der Waals surface area contributed by atoms with Gasteiger partial charge in [-0.3, -0.25) is 14.9 Å². The van der Waals surface area contributed by atoms with Crippen molar-refractivity contribution in [2.75, 3.05) is 25.0 Å². The minimum absolute atomic E-state index is 0.0544. The number of carboxylic acids is 1. The van der Waals surface area contributed by atoms with Crippen molar-refractivity contribution in [3.8, 4) is 11.1 Å². The molecule has 174 valence electrons. The average molecular weight is 459 g/mol. The number of amides is 2. The number of nitrogens with one attached hydrogen (secondary N) is 1. The lowest BCUT2D eigenvalue weighted by atomic mass is 9.98. The van der Waals surface area contributed by atoms with Gasteiger partial charge in [-0.1, -0.05) is 54.6 Å². The molecule has 7 nitrogen and oxygen atoms in total. The summed E-state index contributed by atoms with van der Waals surface area (Å²) in [7, 11) is 0. The summed E-state index contributed by atoms with van der Waals surface area (Å²) in [6, 6.07) is 21.2. The predicted octanol–water partition coefficient (Wildman–Crippen LogP) is 4.90. The van der Waals surface area contributed by atoms with Crippen LogP contribution < -0.4 is 5.32 Å². The number of carbonyl (C=O) groups is 3. The molecule has 3 aromatic carbocycles. The highest BCUT2D eigenvalue weighted by Gasteiger charge is 2.29. The van der Waals surface area contributed by atoms with E-state index < -0.39 is 24.5 Å². The molecule has 0 spiro atoms. The van der Waals surface area contributed by atoms with Crippen LogP contribution in [0.4, 0.5) is 10.5 Å². The van der Waals surface area contributed by atoms with Crippen LogP contribution in [0.2, 0.25) is 0 Å². The number of anilines is 1. The van der Waals surface area contributed by atoms with Gasteiger partial charge in [0.1, 0.15) is 13.2 Å². The van der Waals surface area contributed by atoms with Gasteiger partial charge in [0, 0.05) is 23.7 Å². The number of nitrogens with zero attached hydrogens (tertiary/aromatic N) is 1. The molecule has 0 saturated heterocycles. The molecule has 7 heteroatoms. The van der Waals surface area contributed by atoms with Crippen LogP contribution >= 0.6 is 0 Å². The van der Waals surface area contributed by atoms with Crippen molar-refractivity contribution in [3.05, 3.63) is 89.0 Å². The Morgan fingerprint density at radius 2 is 1.56 bits per heavy atom. The van der Waals surface area contributed by atoms with Crippen LogP contribution in [0, 0.1) is 6.92 Å². The van der Waals surface area contributed by atoms with Crippen molar-refractivity contribution in [1.29, 1.82) is 0 Å². The SMILES string of the molecule is CCN(CC(=O)O)C(=O)c1cccc(NC(=O)OCC2c3ccccc3-c3ccccc32)c1C. The van der Waals surface area contributed by atoms with Gasteiger partial charge in [0.2, 0.25) is 0 Å². The highest BCUT2D eigenvalue weighted by Crippen LogP contribution is 2.44. The number of benzene rings is 3. The number of rotatable bonds is 7. The largest absolute Gasteiger partial charge is 0.480 e. The normalized spacial score (nSPS) is 11.9. The van der Waals surface area contributed by atoms with E-state index >= 15 is 0 Å². The Balaban J connectivity index is 1.47. The Hall–Kier alpha value is -4.13. The predicted molar refractivity (Wildman–Crippen MR) is 129 cm³/mol. The zero-order chi connectivity index (χ0) is 24.2. The topological polar surface area (TPSA) is 95.9 Å². The first-order valence-electron chi connectivity index (χ1n) is 11.1. The summed E-state index contributed by atoms with van der Waals surface area (Å²) in [6.45, 7) is 3.48. The molecule has 34 heavy (non-hydrogen) atoms. The Kier molecular flexibility index (Phi) is 6.63. The van der Waals surface area contributed by atoms with Crippen molar-refractivity contribution in [2.24, 2.45) is 0 Å². The van der Waals surface area contributed by atoms with Crippen molar-refractivity contribution in [2.45, 2.75) is 19.8 Å². The van der Waals surface area contributed by atoms with Gasteiger partial charge < -0.3 is 14.7 Å². The maximum absolute atomic E-state index is 12.8. The molecule has 0 heterocycles. The van der Waals surface area contributed by atoms with Gasteiger partial charge in [-0.15, -0.1) is 0 Å². The zero-order valence-corrected chi connectivity index (χ0v) is 19.1. The third kappa shape index (κ3) is 4.50. The second-order valence-corrected chi connectivity index (χ2v) is 8.14. The van der Waals surface area contributed by atoms with Crippen molar-refractivity contribution < 1.29 is 24.2 Å². The minimum atomic E-state index is -1.08. The van der Waals surface area contributed by atoms with Gasteiger partial charge in [-0.25, -0.2) is 4.79 Å². The van der Waals surface area contributed by atoms with Gasteiger partial charge in [0.15, 0.2) is 0 Å². The number of carboxylic acid groups (broad SMARTS) is 1. The van der Waals surface area contributed by atoms with E-state index in [2.05, 4.69) is 29.6 Å². The van der Waals surface area contributed by atoms with Gasteiger partial charge >= 0.3 is 12.1 Å². The van der Waals surface area contributed by atoms with Crippen LogP contribution in [0.3, 0.4) is 0 Å². The lowest BCUT2D eigenvalue weighted by Crippen LogP contribution is -2.35. The van der Waals surface area contributed by atoms with E-state index in [1.165, 1.54) is 4.90 Å². The summed E-state index contributed by atoms with van der Waals surface area (Å²) in [5.74, 6) is -1.54. The lowest BCUT2D eigenvalue weighted by molar-refractivity contribution is -0.137. The summed E-state index contributed by atoms with van der Waals surface area (Å²) in [5.41, 5.74) is 5.86. The van der Waals surface area contributed by atoms with E-state index in [1.807, 2.05) is 24.3 Å². The highest BCUT2D eigenvalue weighted by atomic mass is 16.5. The number of hydrogen-bond acceptors (Lipinski definition) is 4. The first-order chi connectivity index (χ1) is 16.4. The molecule has 4 rings (SSSR count). The smallest absolute Gasteiger partial charge is 0.411 e. The van der Waals surface area contributed by atoms with E-state index in [4.69, 9.17) is 9.84 Å². The molecule has 0 saturated carbocycles. The van der Waals surface area contributed by atoms with Gasteiger partial charge in [0.25, 0.3) is 5.91 Å². The summed E-state index contributed by atoms with van der Waals surface area (Å²) in [5, 5.41) is 11.8. The van der Waals surface area contributed by atoms with E-state index in [9.17, 15) is 14.4 Å². The number of hydrogen-bond donors (Lipinski definition) is 2. The number of ether oxygens (including phenoxy) is 1. The molecule has 2 N–H and O–H groups in total. The average Bonchev–Trinajstić information content (AvgIpc) is 3.16. The standard InChI is InChI=1S/C27H26N2O5/c1-3-29(15-25(30)31)26(32)18-13-8-14-24(17(18)2)28-27(33)34-16-23-21-11-6-4-9-19(21)20-10-5-7-12-22(20)23/h4-14,23H,3,15-16H2,1-2H3,(H,28,33)(H,30,31). The first-order valence-corrected chi connectivity index (χ1v) is 11.1.